The minimum Gasteiger partial charge on any atom is -0.461 e. The van der Waals surface area contributed by atoms with Gasteiger partial charge in [0.1, 0.15) is 6.61 Å². The fourth-order valence-corrected chi connectivity index (χ4v) is 1.06. The Bertz CT molecular complexity index is 260. The zero-order valence-electron chi connectivity index (χ0n) is 9.91. The first-order valence-electron chi connectivity index (χ1n) is 5.11. The molecule has 0 aromatic rings. The van der Waals surface area contributed by atoms with E-state index >= 15 is 0 Å². The highest BCUT2D eigenvalue weighted by Crippen LogP contribution is 2.13. The first-order valence-corrected chi connectivity index (χ1v) is 5.11. The summed E-state index contributed by atoms with van der Waals surface area (Å²) >= 11 is 0. The van der Waals surface area contributed by atoms with E-state index in [0.717, 1.165) is 6.08 Å². The Morgan fingerprint density at radius 1 is 1.38 bits per heavy atom. The number of likely N-dealkylation sites (N-methyl/N-ethyl adjacent to an activating group) is 1. The highest BCUT2D eigenvalue weighted by Gasteiger charge is 2.24. The largest absolute Gasteiger partial charge is 0.461 e. The van der Waals surface area contributed by atoms with Gasteiger partial charge in [0.05, 0.1) is 0 Å². The van der Waals surface area contributed by atoms with Gasteiger partial charge in [0.15, 0.2) is 5.78 Å². The van der Waals surface area contributed by atoms with Crippen LogP contribution in [-0.2, 0) is 14.3 Å². The van der Waals surface area contributed by atoms with Gasteiger partial charge in [-0.3, -0.25) is 4.79 Å². The van der Waals surface area contributed by atoms with Gasteiger partial charge in [-0.1, -0.05) is 13.2 Å². The molecule has 0 aliphatic rings. The minimum atomic E-state index is -0.462. The van der Waals surface area contributed by atoms with Crippen molar-refractivity contribution in [1.82, 2.24) is 5.32 Å². The molecule has 16 heavy (non-hydrogen) atoms. The molecule has 0 aliphatic heterocycles. The van der Waals surface area contributed by atoms with E-state index in [1.54, 1.807) is 7.05 Å². The smallest absolute Gasteiger partial charge is 0.330 e. The zero-order chi connectivity index (χ0) is 12.6. The summed E-state index contributed by atoms with van der Waals surface area (Å²) in [6.07, 6.45) is 3.38. The Morgan fingerprint density at radius 2 is 2.00 bits per heavy atom. The minimum absolute atomic E-state index is 0.0171. The van der Waals surface area contributed by atoms with Crippen molar-refractivity contribution in [2.45, 2.75) is 25.3 Å². The van der Waals surface area contributed by atoms with Crippen LogP contribution in [0.15, 0.2) is 25.3 Å². The summed E-state index contributed by atoms with van der Waals surface area (Å²) in [4.78, 5) is 22.0. The standard InChI is InChI=1S/C12H19NO3/c1-5-10(14)7-8-12(3,13-4)9-16-11(15)6-2/h5-6,13H,1-2,7-9H2,3-4H3. The van der Waals surface area contributed by atoms with Crippen LogP contribution in [0.25, 0.3) is 0 Å². The second-order valence-corrected chi connectivity index (χ2v) is 3.79. The Balaban J connectivity index is 4.19. The molecule has 1 N–H and O–H groups in total. The van der Waals surface area contributed by atoms with Crippen molar-refractivity contribution in [1.29, 1.82) is 0 Å². The Kier molecular flexibility index (Phi) is 6.34. The van der Waals surface area contributed by atoms with Gasteiger partial charge in [0, 0.05) is 18.0 Å². The van der Waals surface area contributed by atoms with Gasteiger partial charge in [-0.05, 0) is 26.5 Å². The van der Waals surface area contributed by atoms with Gasteiger partial charge >= 0.3 is 5.97 Å². The summed E-state index contributed by atoms with van der Waals surface area (Å²) < 4.78 is 4.96. The third kappa shape index (κ3) is 5.46. The second kappa shape index (κ2) is 6.95. The van der Waals surface area contributed by atoms with E-state index in [1.165, 1.54) is 6.08 Å². The quantitative estimate of drug-likeness (QED) is 0.498. The van der Waals surface area contributed by atoms with Crippen molar-refractivity contribution in [3.63, 3.8) is 0 Å². The van der Waals surface area contributed by atoms with E-state index in [9.17, 15) is 9.59 Å². The maximum atomic E-state index is 11.1. The lowest BCUT2D eigenvalue weighted by Crippen LogP contribution is -2.45. The van der Waals surface area contributed by atoms with Crippen molar-refractivity contribution >= 4 is 11.8 Å². The van der Waals surface area contributed by atoms with Crippen molar-refractivity contribution in [2.24, 2.45) is 0 Å². The van der Waals surface area contributed by atoms with E-state index in [2.05, 4.69) is 18.5 Å². The number of carbonyl (C=O) groups excluding carboxylic acids is 2. The Hall–Kier alpha value is -1.42. The van der Waals surface area contributed by atoms with Gasteiger partial charge in [-0.25, -0.2) is 4.79 Å². The average molecular weight is 225 g/mol. The molecule has 0 aromatic heterocycles. The number of hydrogen-bond acceptors (Lipinski definition) is 4. The van der Waals surface area contributed by atoms with Gasteiger partial charge in [-0.15, -0.1) is 0 Å². The second-order valence-electron chi connectivity index (χ2n) is 3.79. The first-order chi connectivity index (χ1) is 7.47. The van der Waals surface area contributed by atoms with E-state index in [4.69, 9.17) is 4.74 Å². The van der Waals surface area contributed by atoms with Crippen LogP contribution in [-0.4, -0.2) is 30.9 Å². The third-order valence-corrected chi connectivity index (χ3v) is 2.45. The predicted octanol–water partition coefficient (Wildman–Crippen LogP) is 1.23. The summed E-state index contributed by atoms with van der Waals surface area (Å²) in [7, 11) is 1.76. The molecule has 0 saturated heterocycles. The molecule has 0 spiro atoms. The van der Waals surface area contributed by atoms with Crippen molar-refractivity contribution < 1.29 is 14.3 Å². The van der Waals surface area contributed by atoms with Crippen LogP contribution >= 0.6 is 0 Å². The molecule has 0 bridgehead atoms. The molecule has 90 valence electrons. The molecule has 0 heterocycles. The molecule has 0 aromatic carbocycles. The van der Waals surface area contributed by atoms with Crippen LogP contribution in [0.2, 0.25) is 0 Å². The van der Waals surface area contributed by atoms with Crippen molar-refractivity contribution in [3.8, 4) is 0 Å². The van der Waals surface area contributed by atoms with Crippen molar-refractivity contribution in [2.75, 3.05) is 13.7 Å². The maximum absolute atomic E-state index is 11.1. The molecular weight excluding hydrogens is 206 g/mol. The van der Waals surface area contributed by atoms with Crippen LogP contribution in [0.4, 0.5) is 0 Å². The molecule has 1 unspecified atom stereocenters. The monoisotopic (exact) mass is 225 g/mol. The lowest BCUT2D eigenvalue weighted by Gasteiger charge is -2.28. The third-order valence-electron chi connectivity index (χ3n) is 2.45. The van der Waals surface area contributed by atoms with Gasteiger partial charge in [0.2, 0.25) is 0 Å². The van der Waals surface area contributed by atoms with Gasteiger partial charge in [0.25, 0.3) is 0 Å². The van der Waals surface area contributed by atoms with E-state index in [0.29, 0.717) is 12.8 Å². The topological polar surface area (TPSA) is 55.4 Å². The lowest BCUT2D eigenvalue weighted by atomic mass is 9.95. The number of allylic oxidation sites excluding steroid dienone is 1. The SMILES string of the molecule is C=CC(=O)CCC(C)(COC(=O)C=C)NC. The Labute approximate surface area is 96.4 Å². The number of ketones is 1. The molecule has 4 heteroatoms. The predicted molar refractivity (Wildman–Crippen MR) is 63.1 cm³/mol. The first kappa shape index (κ1) is 14.6. The lowest BCUT2D eigenvalue weighted by molar-refractivity contribution is -0.139. The molecular formula is C12H19NO3. The van der Waals surface area contributed by atoms with Gasteiger partial charge < -0.3 is 10.1 Å². The summed E-state index contributed by atoms with van der Waals surface area (Å²) in [6.45, 7) is 8.81. The normalized spacial score (nSPS) is 13.6. The van der Waals surface area contributed by atoms with Crippen LogP contribution in [0.3, 0.4) is 0 Å². The number of rotatable bonds is 8. The molecule has 0 aliphatic carbocycles. The zero-order valence-corrected chi connectivity index (χ0v) is 9.91. The van der Waals surface area contributed by atoms with E-state index in [-0.39, 0.29) is 12.4 Å². The number of nitrogens with one attached hydrogen (secondary N) is 1. The molecule has 0 saturated carbocycles. The summed E-state index contributed by atoms with van der Waals surface area (Å²) in [5.74, 6) is -0.479. The molecule has 0 fully saturated rings. The fraction of sp³-hybridized carbons (Fsp3) is 0.500. The van der Waals surface area contributed by atoms with E-state index < -0.39 is 11.5 Å². The number of esters is 1. The summed E-state index contributed by atoms with van der Waals surface area (Å²) in [6, 6.07) is 0. The maximum Gasteiger partial charge on any atom is 0.330 e. The van der Waals surface area contributed by atoms with E-state index in [1.807, 2.05) is 6.92 Å². The summed E-state index contributed by atoms with van der Waals surface area (Å²) in [5, 5.41) is 3.04. The van der Waals surface area contributed by atoms with Gasteiger partial charge in [-0.2, -0.15) is 0 Å². The fourth-order valence-electron chi connectivity index (χ4n) is 1.06. The van der Waals surface area contributed by atoms with Crippen molar-refractivity contribution in [3.05, 3.63) is 25.3 Å². The molecule has 4 nitrogen and oxygen atoms in total. The van der Waals surface area contributed by atoms with Crippen LogP contribution in [0.1, 0.15) is 19.8 Å². The van der Waals surface area contributed by atoms with Crippen LogP contribution in [0, 0.1) is 0 Å². The van der Waals surface area contributed by atoms with Crippen LogP contribution in [0.5, 0.6) is 0 Å². The highest BCUT2D eigenvalue weighted by molar-refractivity contribution is 5.89. The highest BCUT2D eigenvalue weighted by atomic mass is 16.5. The molecule has 0 rings (SSSR count). The summed E-state index contributed by atoms with van der Waals surface area (Å²) in [5.41, 5.74) is -0.405. The number of carbonyl (C=O) groups is 2. The molecule has 0 amide bonds. The molecule has 1 atom stereocenters. The Morgan fingerprint density at radius 3 is 2.44 bits per heavy atom. The molecule has 0 radical (unpaired) electrons. The number of ether oxygens (including phenoxy) is 1. The average Bonchev–Trinajstić information content (AvgIpc) is 2.32. The van der Waals surface area contributed by atoms with Crippen LogP contribution < -0.4 is 5.32 Å². The number of hydrogen-bond donors (Lipinski definition) is 1.